The Hall–Kier alpha value is -2.35. The summed E-state index contributed by atoms with van der Waals surface area (Å²) < 4.78 is 0. The van der Waals surface area contributed by atoms with Gasteiger partial charge in [0.15, 0.2) is 0 Å². The zero-order valence-corrected chi connectivity index (χ0v) is 10.6. The number of hydrogen-bond acceptors (Lipinski definition) is 1. The largest absolute Gasteiger partial charge is 0.481 e. The van der Waals surface area contributed by atoms with E-state index in [2.05, 4.69) is 24.3 Å². The number of aliphatic carboxylic acids is 1. The third kappa shape index (κ3) is 4.43. The molecule has 0 bridgehead atoms. The first-order valence-corrected chi connectivity index (χ1v) is 6.25. The number of rotatable bonds is 5. The third-order valence-corrected chi connectivity index (χ3v) is 2.80. The second-order valence-corrected chi connectivity index (χ2v) is 4.41. The SMILES string of the molecule is O=C(O)C/C=C/c1cccc(Cc2ccccc2)c1. The Kier molecular flexibility index (Phi) is 4.51. The maximum absolute atomic E-state index is 10.4. The highest BCUT2D eigenvalue weighted by atomic mass is 16.4. The fourth-order valence-electron chi connectivity index (χ4n) is 1.93. The highest BCUT2D eigenvalue weighted by molar-refractivity contribution is 5.70. The molecule has 0 unspecified atom stereocenters. The van der Waals surface area contributed by atoms with Crippen molar-refractivity contribution in [2.45, 2.75) is 12.8 Å². The van der Waals surface area contributed by atoms with Crippen LogP contribution in [-0.2, 0) is 11.2 Å². The van der Waals surface area contributed by atoms with Crippen LogP contribution in [-0.4, -0.2) is 11.1 Å². The summed E-state index contributed by atoms with van der Waals surface area (Å²) in [7, 11) is 0. The van der Waals surface area contributed by atoms with Crippen molar-refractivity contribution in [1.82, 2.24) is 0 Å². The highest BCUT2D eigenvalue weighted by Crippen LogP contribution is 2.12. The maximum Gasteiger partial charge on any atom is 0.307 e. The van der Waals surface area contributed by atoms with Gasteiger partial charge in [-0.15, -0.1) is 0 Å². The van der Waals surface area contributed by atoms with E-state index in [1.165, 1.54) is 11.1 Å². The van der Waals surface area contributed by atoms with Crippen LogP contribution in [0.25, 0.3) is 6.08 Å². The molecule has 0 aliphatic carbocycles. The van der Waals surface area contributed by atoms with Crippen molar-refractivity contribution < 1.29 is 9.90 Å². The standard InChI is InChI=1S/C17H16O2/c18-17(19)11-5-9-15-8-4-10-16(13-15)12-14-6-2-1-3-7-14/h1-10,13H,11-12H2,(H,18,19)/b9-5+. The molecule has 0 atom stereocenters. The molecule has 19 heavy (non-hydrogen) atoms. The minimum atomic E-state index is -0.809. The first-order valence-electron chi connectivity index (χ1n) is 6.25. The van der Waals surface area contributed by atoms with E-state index in [0.717, 1.165) is 12.0 Å². The lowest BCUT2D eigenvalue weighted by atomic mass is 10.0. The minimum absolute atomic E-state index is 0.0584. The van der Waals surface area contributed by atoms with E-state index in [1.54, 1.807) is 6.08 Å². The molecule has 96 valence electrons. The van der Waals surface area contributed by atoms with Crippen molar-refractivity contribution in [1.29, 1.82) is 0 Å². The van der Waals surface area contributed by atoms with Gasteiger partial charge in [0.2, 0.25) is 0 Å². The zero-order chi connectivity index (χ0) is 13.5. The van der Waals surface area contributed by atoms with Crippen LogP contribution in [0.15, 0.2) is 60.7 Å². The van der Waals surface area contributed by atoms with Gasteiger partial charge in [-0.2, -0.15) is 0 Å². The molecular weight excluding hydrogens is 236 g/mol. The van der Waals surface area contributed by atoms with E-state index < -0.39 is 5.97 Å². The van der Waals surface area contributed by atoms with Gasteiger partial charge < -0.3 is 5.11 Å². The molecule has 2 nitrogen and oxygen atoms in total. The average Bonchev–Trinajstić information content (AvgIpc) is 2.40. The van der Waals surface area contributed by atoms with E-state index >= 15 is 0 Å². The van der Waals surface area contributed by atoms with Gasteiger partial charge in [-0.3, -0.25) is 4.79 Å². The van der Waals surface area contributed by atoms with Gasteiger partial charge in [0.05, 0.1) is 6.42 Å². The quantitative estimate of drug-likeness (QED) is 0.879. The van der Waals surface area contributed by atoms with Crippen molar-refractivity contribution >= 4 is 12.0 Å². The molecule has 0 radical (unpaired) electrons. The Morgan fingerprint density at radius 3 is 2.47 bits per heavy atom. The van der Waals surface area contributed by atoms with Crippen LogP contribution >= 0.6 is 0 Å². The fraction of sp³-hybridized carbons (Fsp3) is 0.118. The van der Waals surface area contributed by atoms with Crippen LogP contribution in [0, 0.1) is 0 Å². The predicted octanol–water partition coefficient (Wildman–Crippen LogP) is 3.77. The second-order valence-electron chi connectivity index (χ2n) is 4.41. The fourth-order valence-corrected chi connectivity index (χ4v) is 1.93. The van der Waals surface area contributed by atoms with Crippen LogP contribution in [0.3, 0.4) is 0 Å². The Balaban J connectivity index is 2.07. The van der Waals surface area contributed by atoms with Gasteiger partial charge in [-0.05, 0) is 23.1 Å². The first-order chi connectivity index (χ1) is 9.24. The van der Waals surface area contributed by atoms with Crippen LogP contribution in [0.1, 0.15) is 23.1 Å². The lowest BCUT2D eigenvalue weighted by Crippen LogP contribution is -1.90. The molecule has 1 N–H and O–H groups in total. The summed E-state index contributed by atoms with van der Waals surface area (Å²) in [5.41, 5.74) is 3.53. The molecule has 0 aliphatic rings. The molecule has 0 saturated carbocycles. The summed E-state index contributed by atoms with van der Waals surface area (Å²) in [5, 5.41) is 8.59. The molecule has 2 aromatic rings. The summed E-state index contributed by atoms with van der Waals surface area (Å²) in [6, 6.07) is 18.4. The minimum Gasteiger partial charge on any atom is -0.481 e. The summed E-state index contributed by atoms with van der Waals surface area (Å²) in [5.74, 6) is -0.809. The molecule has 0 heterocycles. The van der Waals surface area contributed by atoms with Gasteiger partial charge in [-0.25, -0.2) is 0 Å². The van der Waals surface area contributed by atoms with Crippen LogP contribution < -0.4 is 0 Å². The number of carbonyl (C=O) groups is 1. The molecule has 0 aliphatic heterocycles. The van der Waals surface area contributed by atoms with Crippen LogP contribution in [0.4, 0.5) is 0 Å². The van der Waals surface area contributed by atoms with Gasteiger partial charge in [0.1, 0.15) is 0 Å². The molecule has 0 spiro atoms. The topological polar surface area (TPSA) is 37.3 Å². The molecule has 0 saturated heterocycles. The van der Waals surface area contributed by atoms with Gasteiger partial charge in [-0.1, -0.05) is 66.7 Å². The maximum atomic E-state index is 10.4. The third-order valence-electron chi connectivity index (χ3n) is 2.80. The van der Waals surface area contributed by atoms with E-state index in [9.17, 15) is 4.79 Å². The second kappa shape index (κ2) is 6.55. The summed E-state index contributed by atoms with van der Waals surface area (Å²) >= 11 is 0. The Labute approximate surface area is 113 Å². The summed E-state index contributed by atoms with van der Waals surface area (Å²) in [4.78, 5) is 10.4. The number of carboxylic acids is 1. The zero-order valence-electron chi connectivity index (χ0n) is 10.6. The van der Waals surface area contributed by atoms with Gasteiger partial charge >= 0.3 is 5.97 Å². The molecule has 2 rings (SSSR count). The van der Waals surface area contributed by atoms with E-state index in [1.807, 2.05) is 36.4 Å². The van der Waals surface area contributed by atoms with Crippen molar-refractivity contribution in [3.05, 3.63) is 77.4 Å². The number of benzene rings is 2. The normalized spacial score (nSPS) is 10.7. The number of carboxylic acid groups (broad SMARTS) is 1. The Bertz CT molecular complexity index is 571. The van der Waals surface area contributed by atoms with E-state index in [0.29, 0.717) is 0 Å². The van der Waals surface area contributed by atoms with Crippen molar-refractivity contribution in [3.63, 3.8) is 0 Å². The highest BCUT2D eigenvalue weighted by Gasteiger charge is 1.97. The molecule has 0 aromatic heterocycles. The van der Waals surface area contributed by atoms with Gasteiger partial charge in [0, 0.05) is 0 Å². The summed E-state index contributed by atoms with van der Waals surface area (Å²) in [6.07, 6.45) is 4.47. The molecule has 2 aromatic carbocycles. The Morgan fingerprint density at radius 1 is 1.00 bits per heavy atom. The van der Waals surface area contributed by atoms with Crippen molar-refractivity contribution in [2.24, 2.45) is 0 Å². The van der Waals surface area contributed by atoms with Crippen molar-refractivity contribution in [2.75, 3.05) is 0 Å². The molecule has 2 heteroatoms. The monoisotopic (exact) mass is 252 g/mol. The van der Waals surface area contributed by atoms with Crippen molar-refractivity contribution in [3.8, 4) is 0 Å². The molecule has 0 fully saturated rings. The molecular formula is C17H16O2. The van der Waals surface area contributed by atoms with E-state index in [4.69, 9.17) is 5.11 Å². The smallest absolute Gasteiger partial charge is 0.307 e. The van der Waals surface area contributed by atoms with Gasteiger partial charge in [0.25, 0.3) is 0 Å². The van der Waals surface area contributed by atoms with E-state index in [-0.39, 0.29) is 6.42 Å². The predicted molar refractivity (Wildman–Crippen MR) is 77.0 cm³/mol. The lowest BCUT2D eigenvalue weighted by Gasteiger charge is -2.03. The summed E-state index contributed by atoms with van der Waals surface area (Å²) in [6.45, 7) is 0. The Morgan fingerprint density at radius 2 is 1.74 bits per heavy atom. The first kappa shape index (κ1) is 13.1. The molecule has 0 amide bonds. The number of hydrogen-bond donors (Lipinski definition) is 1. The van der Waals surface area contributed by atoms with Crippen LogP contribution in [0.2, 0.25) is 0 Å². The van der Waals surface area contributed by atoms with Crippen LogP contribution in [0.5, 0.6) is 0 Å². The average molecular weight is 252 g/mol. The lowest BCUT2D eigenvalue weighted by molar-refractivity contribution is -0.135.